The molecule has 0 saturated heterocycles. The highest BCUT2D eigenvalue weighted by molar-refractivity contribution is 5.94. The SMILES string of the molecule is CCN(C(=O)COc1ccc(C)cc1)c1cc(C)cc(C)c1. The number of nitrogens with zero attached hydrogens (tertiary/aromatic N) is 1. The molecule has 0 aliphatic heterocycles. The minimum absolute atomic E-state index is 0.0342. The fraction of sp³-hybridized carbons (Fsp3) is 0.316. The fourth-order valence-electron chi connectivity index (χ4n) is 2.47. The molecule has 0 fully saturated rings. The van der Waals surface area contributed by atoms with Crippen molar-refractivity contribution in [2.24, 2.45) is 0 Å². The van der Waals surface area contributed by atoms with Crippen molar-refractivity contribution in [3.05, 3.63) is 59.2 Å². The van der Waals surface area contributed by atoms with Crippen LogP contribution in [-0.2, 0) is 4.79 Å². The molecule has 0 heterocycles. The zero-order valence-corrected chi connectivity index (χ0v) is 13.7. The summed E-state index contributed by atoms with van der Waals surface area (Å²) in [5.41, 5.74) is 4.41. The number of anilines is 1. The molecule has 3 heteroatoms. The van der Waals surface area contributed by atoms with Crippen molar-refractivity contribution in [3.63, 3.8) is 0 Å². The summed E-state index contributed by atoms with van der Waals surface area (Å²) in [6.07, 6.45) is 0. The summed E-state index contributed by atoms with van der Waals surface area (Å²) in [4.78, 5) is 14.2. The minimum Gasteiger partial charge on any atom is -0.484 e. The quantitative estimate of drug-likeness (QED) is 0.833. The van der Waals surface area contributed by atoms with Gasteiger partial charge in [0.15, 0.2) is 6.61 Å². The molecule has 0 spiro atoms. The van der Waals surface area contributed by atoms with Gasteiger partial charge in [0.2, 0.25) is 0 Å². The molecular weight excluding hydrogens is 274 g/mol. The number of benzene rings is 2. The normalized spacial score (nSPS) is 10.4. The van der Waals surface area contributed by atoms with Gasteiger partial charge in [-0.3, -0.25) is 4.79 Å². The van der Waals surface area contributed by atoms with E-state index in [4.69, 9.17) is 4.74 Å². The summed E-state index contributed by atoms with van der Waals surface area (Å²) in [5, 5.41) is 0. The van der Waals surface area contributed by atoms with Gasteiger partial charge in [-0.15, -0.1) is 0 Å². The van der Waals surface area contributed by atoms with Crippen LogP contribution in [0.15, 0.2) is 42.5 Å². The van der Waals surface area contributed by atoms with E-state index in [1.165, 1.54) is 5.56 Å². The number of hydrogen-bond acceptors (Lipinski definition) is 2. The monoisotopic (exact) mass is 297 g/mol. The molecule has 22 heavy (non-hydrogen) atoms. The molecule has 0 saturated carbocycles. The molecule has 0 radical (unpaired) electrons. The van der Waals surface area contributed by atoms with E-state index in [-0.39, 0.29) is 12.5 Å². The standard InChI is InChI=1S/C19H23NO2/c1-5-20(17-11-15(3)10-16(4)12-17)19(21)13-22-18-8-6-14(2)7-9-18/h6-12H,5,13H2,1-4H3. The fourth-order valence-corrected chi connectivity index (χ4v) is 2.47. The van der Waals surface area contributed by atoms with E-state index in [9.17, 15) is 4.79 Å². The van der Waals surface area contributed by atoms with Crippen LogP contribution < -0.4 is 9.64 Å². The summed E-state index contributed by atoms with van der Waals surface area (Å²) >= 11 is 0. The average Bonchev–Trinajstić information content (AvgIpc) is 2.46. The molecule has 0 aliphatic carbocycles. The number of ether oxygens (including phenoxy) is 1. The number of likely N-dealkylation sites (N-methyl/N-ethyl adjacent to an activating group) is 1. The lowest BCUT2D eigenvalue weighted by atomic mass is 10.1. The van der Waals surface area contributed by atoms with E-state index in [1.807, 2.05) is 64.1 Å². The van der Waals surface area contributed by atoms with Crippen LogP contribution in [0.3, 0.4) is 0 Å². The van der Waals surface area contributed by atoms with Crippen LogP contribution in [0.1, 0.15) is 23.6 Å². The van der Waals surface area contributed by atoms with Crippen LogP contribution in [0.2, 0.25) is 0 Å². The van der Waals surface area contributed by atoms with Crippen molar-refractivity contribution < 1.29 is 9.53 Å². The molecule has 0 bridgehead atoms. The summed E-state index contributed by atoms with van der Waals surface area (Å²) in [6.45, 7) is 8.74. The Morgan fingerprint density at radius 1 is 0.955 bits per heavy atom. The number of carbonyl (C=O) groups is 1. The Kier molecular flexibility index (Phi) is 5.21. The van der Waals surface area contributed by atoms with E-state index in [2.05, 4.69) is 6.07 Å². The van der Waals surface area contributed by atoms with Crippen LogP contribution in [0.25, 0.3) is 0 Å². The lowest BCUT2D eigenvalue weighted by Gasteiger charge is -2.22. The average molecular weight is 297 g/mol. The van der Waals surface area contributed by atoms with Crippen molar-refractivity contribution >= 4 is 11.6 Å². The van der Waals surface area contributed by atoms with Gasteiger partial charge in [-0.25, -0.2) is 0 Å². The first-order chi connectivity index (χ1) is 10.5. The van der Waals surface area contributed by atoms with Crippen molar-refractivity contribution in [1.29, 1.82) is 0 Å². The Hall–Kier alpha value is -2.29. The molecule has 1 amide bonds. The third-order valence-corrected chi connectivity index (χ3v) is 3.52. The van der Waals surface area contributed by atoms with Crippen molar-refractivity contribution in [2.45, 2.75) is 27.7 Å². The third-order valence-electron chi connectivity index (χ3n) is 3.52. The molecule has 116 valence electrons. The first kappa shape index (κ1) is 16.1. The van der Waals surface area contributed by atoms with E-state index in [0.717, 1.165) is 22.6 Å². The van der Waals surface area contributed by atoms with Gasteiger partial charge in [0.05, 0.1) is 0 Å². The van der Waals surface area contributed by atoms with Gasteiger partial charge in [0.1, 0.15) is 5.75 Å². The highest BCUT2D eigenvalue weighted by atomic mass is 16.5. The number of amides is 1. The van der Waals surface area contributed by atoms with Crippen molar-refractivity contribution in [2.75, 3.05) is 18.1 Å². The second kappa shape index (κ2) is 7.12. The maximum Gasteiger partial charge on any atom is 0.264 e. The molecule has 2 rings (SSSR count). The van der Waals surface area contributed by atoms with E-state index in [0.29, 0.717) is 6.54 Å². The predicted molar refractivity (Wildman–Crippen MR) is 90.6 cm³/mol. The van der Waals surface area contributed by atoms with E-state index < -0.39 is 0 Å². The second-order valence-corrected chi connectivity index (χ2v) is 5.59. The second-order valence-electron chi connectivity index (χ2n) is 5.59. The summed E-state index contributed by atoms with van der Waals surface area (Å²) < 4.78 is 5.60. The number of aryl methyl sites for hydroxylation is 3. The third kappa shape index (κ3) is 4.10. The highest BCUT2D eigenvalue weighted by Crippen LogP contribution is 2.19. The van der Waals surface area contributed by atoms with Gasteiger partial charge in [-0.2, -0.15) is 0 Å². The van der Waals surface area contributed by atoms with Gasteiger partial charge in [0, 0.05) is 12.2 Å². The largest absolute Gasteiger partial charge is 0.484 e. The topological polar surface area (TPSA) is 29.5 Å². The number of rotatable bonds is 5. The first-order valence-corrected chi connectivity index (χ1v) is 7.57. The highest BCUT2D eigenvalue weighted by Gasteiger charge is 2.15. The molecule has 0 atom stereocenters. The number of hydrogen-bond donors (Lipinski definition) is 0. The zero-order chi connectivity index (χ0) is 16.1. The van der Waals surface area contributed by atoms with Crippen LogP contribution in [-0.4, -0.2) is 19.1 Å². The maximum absolute atomic E-state index is 12.4. The summed E-state index contributed by atoms with van der Waals surface area (Å²) in [7, 11) is 0. The predicted octanol–water partition coefficient (Wildman–Crippen LogP) is 4.04. The maximum atomic E-state index is 12.4. The Morgan fingerprint density at radius 2 is 1.55 bits per heavy atom. The smallest absolute Gasteiger partial charge is 0.264 e. The molecule has 0 aromatic heterocycles. The van der Waals surface area contributed by atoms with E-state index in [1.54, 1.807) is 4.90 Å². The van der Waals surface area contributed by atoms with Crippen LogP contribution in [0.4, 0.5) is 5.69 Å². The molecule has 3 nitrogen and oxygen atoms in total. The number of carbonyl (C=O) groups excluding carboxylic acids is 1. The lowest BCUT2D eigenvalue weighted by Crippen LogP contribution is -2.34. The van der Waals surface area contributed by atoms with Crippen LogP contribution in [0, 0.1) is 20.8 Å². The van der Waals surface area contributed by atoms with E-state index >= 15 is 0 Å². The molecule has 2 aromatic rings. The summed E-state index contributed by atoms with van der Waals surface area (Å²) in [6, 6.07) is 13.9. The molecular formula is C19H23NO2. The Labute approximate surface area is 132 Å². The van der Waals surface area contributed by atoms with Gasteiger partial charge in [0.25, 0.3) is 5.91 Å². The lowest BCUT2D eigenvalue weighted by molar-refractivity contribution is -0.120. The Morgan fingerprint density at radius 3 is 2.09 bits per heavy atom. The first-order valence-electron chi connectivity index (χ1n) is 7.57. The molecule has 2 aromatic carbocycles. The Balaban J connectivity index is 2.06. The van der Waals surface area contributed by atoms with Gasteiger partial charge in [-0.05, 0) is 63.1 Å². The van der Waals surface area contributed by atoms with Crippen molar-refractivity contribution in [3.8, 4) is 5.75 Å². The van der Waals surface area contributed by atoms with Crippen LogP contribution in [0.5, 0.6) is 5.75 Å². The molecule has 0 aliphatic rings. The Bertz CT molecular complexity index is 627. The van der Waals surface area contributed by atoms with Gasteiger partial charge < -0.3 is 9.64 Å². The molecule has 0 unspecified atom stereocenters. The zero-order valence-electron chi connectivity index (χ0n) is 13.7. The van der Waals surface area contributed by atoms with Crippen molar-refractivity contribution in [1.82, 2.24) is 0 Å². The van der Waals surface area contributed by atoms with Gasteiger partial charge in [-0.1, -0.05) is 23.8 Å². The minimum atomic E-state index is -0.0342. The van der Waals surface area contributed by atoms with Gasteiger partial charge >= 0.3 is 0 Å². The van der Waals surface area contributed by atoms with Crippen LogP contribution >= 0.6 is 0 Å². The summed E-state index contributed by atoms with van der Waals surface area (Å²) in [5.74, 6) is 0.684. The molecule has 0 N–H and O–H groups in total.